The van der Waals surface area contributed by atoms with Crippen molar-refractivity contribution in [1.29, 1.82) is 0 Å². The van der Waals surface area contributed by atoms with E-state index in [0.29, 0.717) is 17.9 Å². The van der Waals surface area contributed by atoms with Gasteiger partial charge in [0.15, 0.2) is 0 Å². The van der Waals surface area contributed by atoms with Gasteiger partial charge in [-0.05, 0) is 37.6 Å². The van der Waals surface area contributed by atoms with E-state index in [9.17, 15) is 8.42 Å². The second-order valence-corrected chi connectivity index (χ2v) is 5.81. The van der Waals surface area contributed by atoms with Gasteiger partial charge in [0.05, 0.1) is 11.5 Å². The van der Waals surface area contributed by atoms with Crippen molar-refractivity contribution in [1.82, 2.24) is 4.98 Å². The number of hydrogen-bond donors (Lipinski definition) is 1. The van der Waals surface area contributed by atoms with Gasteiger partial charge in [-0.3, -0.25) is 4.72 Å². The molecule has 20 heavy (non-hydrogen) atoms. The van der Waals surface area contributed by atoms with E-state index >= 15 is 0 Å². The van der Waals surface area contributed by atoms with Crippen LogP contribution in [0.15, 0.2) is 47.5 Å². The molecule has 1 N–H and O–H groups in total. The summed E-state index contributed by atoms with van der Waals surface area (Å²) in [5, 5.41) is 0. The fraction of sp³-hybridized carbons (Fsp3) is 0.214. The van der Waals surface area contributed by atoms with Crippen LogP contribution in [0.1, 0.15) is 12.5 Å². The highest BCUT2D eigenvalue weighted by Crippen LogP contribution is 2.25. The highest BCUT2D eigenvalue weighted by molar-refractivity contribution is 7.92. The number of aromatic nitrogens is 1. The number of pyridine rings is 1. The summed E-state index contributed by atoms with van der Waals surface area (Å²) in [7, 11) is -3.65. The summed E-state index contributed by atoms with van der Waals surface area (Å²) in [5.41, 5.74) is 1.01. The lowest BCUT2D eigenvalue weighted by Gasteiger charge is -2.12. The van der Waals surface area contributed by atoms with Gasteiger partial charge in [-0.2, -0.15) is 0 Å². The molecule has 5 nitrogen and oxygen atoms in total. The maximum Gasteiger partial charge on any atom is 0.262 e. The first-order valence-electron chi connectivity index (χ1n) is 6.21. The molecule has 1 heterocycles. The number of nitrogens with one attached hydrogen (secondary N) is 1. The fourth-order valence-electron chi connectivity index (χ4n) is 1.78. The van der Waals surface area contributed by atoms with Gasteiger partial charge in [0.1, 0.15) is 5.69 Å². The summed E-state index contributed by atoms with van der Waals surface area (Å²) in [4.78, 5) is 4.26. The third-order valence-corrected chi connectivity index (χ3v) is 4.21. The number of rotatable bonds is 5. The van der Waals surface area contributed by atoms with Crippen LogP contribution >= 0.6 is 0 Å². The number of nitrogens with zero attached hydrogens (tertiary/aromatic N) is 1. The third kappa shape index (κ3) is 3.08. The number of sulfonamides is 1. The molecule has 1 aromatic heterocycles. The molecule has 6 heteroatoms. The number of benzene rings is 1. The molecule has 0 saturated heterocycles. The summed E-state index contributed by atoms with van der Waals surface area (Å²) in [6, 6.07) is 10.1. The SMILES string of the molecule is CCOc1ncccc1NS(=O)(=O)c1ccccc1C. The Morgan fingerprint density at radius 1 is 1.20 bits per heavy atom. The normalized spacial score (nSPS) is 11.1. The third-order valence-electron chi connectivity index (χ3n) is 2.68. The van der Waals surface area contributed by atoms with Gasteiger partial charge in [-0.1, -0.05) is 18.2 Å². The molecule has 2 aromatic rings. The predicted octanol–water partition coefficient (Wildman–Crippen LogP) is 2.59. The Labute approximate surface area is 118 Å². The zero-order chi connectivity index (χ0) is 14.6. The molecule has 106 valence electrons. The first-order chi connectivity index (χ1) is 9.54. The molecule has 0 aliphatic heterocycles. The van der Waals surface area contributed by atoms with Crippen molar-refractivity contribution in [2.24, 2.45) is 0 Å². The average Bonchev–Trinajstić information content (AvgIpc) is 2.41. The van der Waals surface area contributed by atoms with Gasteiger partial charge in [0.2, 0.25) is 5.88 Å². The van der Waals surface area contributed by atoms with E-state index in [1.165, 1.54) is 0 Å². The zero-order valence-electron chi connectivity index (χ0n) is 11.3. The lowest BCUT2D eigenvalue weighted by Crippen LogP contribution is -2.15. The van der Waals surface area contributed by atoms with Crippen LogP contribution < -0.4 is 9.46 Å². The average molecular weight is 292 g/mol. The Balaban J connectivity index is 2.37. The summed E-state index contributed by atoms with van der Waals surface area (Å²) < 4.78 is 32.6. The zero-order valence-corrected chi connectivity index (χ0v) is 12.1. The van der Waals surface area contributed by atoms with Crippen molar-refractivity contribution in [3.05, 3.63) is 48.2 Å². The fourth-order valence-corrected chi connectivity index (χ4v) is 3.08. The Bertz CT molecular complexity index is 699. The van der Waals surface area contributed by atoms with Crippen molar-refractivity contribution >= 4 is 15.7 Å². The van der Waals surface area contributed by atoms with Crippen molar-refractivity contribution in [3.63, 3.8) is 0 Å². The minimum Gasteiger partial charge on any atom is -0.476 e. The van der Waals surface area contributed by atoms with Crippen LogP contribution in [-0.4, -0.2) is 20.0 Å². The summed E-state index contributed by atoms with van der Waals surface area (Å²) in [6.07, 6.45) is 1.55. The van der Waals surface area contributed by atoms with E-state index in [1.807, 2.05) is 6.92 Å². The minimum atomic E-state index is -3.65. The van der Waals surface area contributed by atoms with Gasteiger partial charge in [-0.15, -0.1) is 0 Å². The lowest BCUT2D eigenvalue weighted by molar-refractivity contribution is 0.329. The van der Waals surface area contributed by atoms with Gasteiger partial charge in [-0.25, -0.2) is 13.4 Å². The summed E-state index contributed by atoms with van der Waals surface area (Å²) in [6.45, 7) is 3.98. The number of aryl methyl sites for hydroxylation is 1. The Kier molecular flexibility index (Phi) is 4.24. The highest BCUT2D eigenvalue weighted by Gasteiger charge is 2.18. The molecular weight excluding hydrogens is 276 g/mol. The molecule has 0 unspecified atom stereocenters. The van der Waals surface area contributed by atoms with Gasteiger partial charge < -0.3 is 4.74 Å². The Morgan fingerprint density at radius 3 is 2.65 bits per heavy atom. The highest BCUT2D eigenvalue weighted by atomic mass is 32.2. The van der Waals surface area contributed by atoms with E-state index in [1.54, 1.807) is 49.5 Å². The number of anilines is 1. The summed E-state index contributed by atoms with van der Waals surface area (Å²) in [5.74, 6) is 0.271. The van der Waals surface area contributed by atoms with E-state index in [0.717, 1.165) is 0 Å². The molecule has 0 radical (unpaired) electrons. The predicted molar refractivity (Wildman–Crippen MR) is 77.4 cm³/mol. The van der Waals surface area contributed by atoms with E-state index in [4.69, 9.17) is 4.74 Å². The Hall–Kier alpha value is -2.08. The molecule has 0 amide bonds. The van der Waals surface area contributed by atoms with Crippen LogP contribution in [0.4, 0.5) is 5.69 Å². The second kappa shape index (κ2) is 5.92. The van der Waals surface area contributed by atoms with Gasteiger partial charge in [0, 0.05) is 6.20 Å². The molecule has 0 aliphatic rings. The van der Waals surface area contributed by atoms with Crippen LogP contribution in [0.2, 0.25) is 0 Å². The smallest absolute Gasteiger partial charge is 0.262 e. The largest absolute Gasteiger partial charge is 0.476 e. The maximum atomic E-state index is 12.4. The van der Waals surface area contributed by atoms with Crippen LogP contribution in [0, 0.1) is 6.92 Å². The molecule has 1 aromatic carbocycles. The standard InChI is InChI=1S/C14H16N2O3S/c1-3-19-14-12(8-6-10-15-14)16-20(17,18)13-9-5-4-7-11(13)2/h4-10,16H,3H2,1-2H3. The van der Waals surface area contributed by atoms with E-state index < -0.39 is 10.0 Å². The molecule has 0 bridgehead atoms. The molecule has 0 spiro atoms. The van der Waals surface area contributed by atoms with E-state index in [2.05, 4.69) is 9.71 Å². The van der Waals surface area contributed by atoms with Crippen LogP contribution in [-0.2, 0) is 10.0 Å². The minimum absolute atomic E-state index is 0.242. The monoisotopic (exact) mass is 292 g/mol. The van der Waals surface area contributed by atoms with Gasteiger partial charge >= 0.3 is 0 Å². The van der Waals surface area contributed by atoms with Crippen molar-refractivity contribution < 1.29 is 13.2 Å². The van der Waals surface area contributed by atoms with Crippen molar-refractivity contribution in [3.8, 4) is 5.88 Å². The first-order valence-corrected chi connectivity index (χ1v) is 7.69. The molecule has 0 fully saturated rings. The van der Waals surface area contributed by atoms with Crippen LogP contribution in [0.25, 0.3) is 0 Å². The number of hydrogen-bond acceptors (Lipinski definition) is 4. The molecular formula is C14H16N2O3S. The first kappa shape index (κ1) is 14.3. The van der Waals surface area contributed by atoms with Crippen molar-refractivity contribution in [2.75, 3.05) is 11.3 Å². The molecule has 0 aliphatic carbocycles. The summed E-state index contributed by atoms with van der Waals surface area (Å²) >= 11 is 0. The number of ether oxygens (including phenoxy) is 1. The lowest BCUT2D eigenvalue weighted by atomic mass is 10.2. The molecule has 0 atom stereocenters. The topological polar surface area (TPSA) is 68.3 Å². The molecule has 2 rings (SSSR count). The quantitative estimate of drug-likeness (QED) is 0.919. The van der Waals surface area contributed by atoms with E-state index in [-0.39, 0.29) is 10.8 Å². The van der Waals surface area contributed by atoms with Crippen LogP contribution in [0.5, 0.6) is 5.88 Å². The van der Waals surface area contributed by atoms with Gasteiger partial charge in [0.25, 0.3) is 10.0 Å². The molecule has 0 saturated carbocycles. The second-order valence-electron chi connectivity index (χ2n) is 4.16. The maximum absolute atomic E-state index is 12.4. The Morgan fingerprint density at radius 2 is 1.95 bits per heavy atom. The van der Waals surface area contributed by atoms with Crippen LogP contribution in [0.3, 0.4) is 0 Å². The van der Waals surface area contributed by atoms with Crippen molar-refractivity contribution in [2.45, 2.75) is 18.7 Å².